The molecule has 0 saturated heterocycles. The van der Waals surface area contributed by atoms with Gasteiger partial charge < -0.3 is 4.42 Å². The third-order valence-corrected chi connectivity index (χ3v) is 3.58. The van der Waals surface area contributed by atoms with Gasteiger partial charge in [0.15, 0.2) is 10.7 Å². The number of carbonyl (C=O) groups excluding carboxylic acids is 1. The van der Waals surface area contributed by atoms with Gasteiger partial charge in [-0.05, 0) is 18.2 Å². The number of nitrogens with zero attached hydrogens (tertiary/aromatic N) is 2. The molecular formula is C14H11N3O3S. The second-order valence-electron chi connectivity index (χ2n) is 4.24. The molecule has 2 aromatic heterocycles. The van der Waals surface area contributed by atoms with E-state index in [-0.39, 0.29) is 5.91 Å². The minimum absolute atomic E-state index is 0.286. The summed E-state index contributed by atoms with van der Waals surface area (Å²) in [6.45, 7) is 3.93. The number of oxazole rings is 1. The minimum Gasteiger partial charge on any atom is -0.408 e. The molecule has 0 aliphatic heterocycles. The minimum atomic E-state index is -0.470. The van der Waals surface area contributed by atoms with Gasteiger partial charge in [-0.3, -0.25) is 14.7 Å². The van der Waals surface area contributed by atoms with E-state index in [0.29, 0.717) is 28.3 Å². The second-order valence-corrected chi connectivity index (χ2v) is 5.14. The zero-order valence-corrected chi connectivity index (χ0v) is 11.7. The Balaban J connectivity index is 1.99. The second kappa shape index (κ2) is 5.37. The van der Waals surface area contributed by atoms with Gasteiger partial charge >= 0.3 is 5.76 Å². The highest BCUT2D eigenvalue weighted by molar-refractivity contribution is 7.13. The number of anilines is 1. The summed E-state index contributed by atoms with van der Waals surface area (Å²) < 4.78 is 6.53. The van der Waals surface area contributed by atoms with E-state index in [1.807, 2.05) is 0 Å². The van der Waals surface area contributed by atoms with Gasteiger partial charge in [0, 0.05) is 23.7 Å². The van der Waals surface area contributed by atoms with Crippen molar-refractivity contribution in [2.75, 3.05) is 5.32 Å². The van der Waals surface area contributed by atoms with E-state index in [1.54, 1.807) is 35.9 Å². The Kier molecular flexibility index (Phi) is 3.41. The van der Waals surface area contributed by atoms with Crippen LogP contribution in [0.4, 0.5) is 5.13 Å². The molecule has 6 nitrogen and oxygen atoms in total. The molecule has 0 unspecified atom stereocenters. The predicted octanol–water partition coefficient (Wildman–Crippen LogP) is 2.49. The first-order valence-electron chi connectivity index (χ1n) is 6.14. The molecule has 1 amide bonds. The van der Waals surface area contributed by atoms with Crippen molar-refractivity contribution in [2.24, 2.45) is 0 Å². The Morgan fingerprint density at radius 2 is 2.38 bits per heavy atom. The molecule has 0 bridgehead atoms. The Morgan fingerprint density at radius 1 is 1.52 bits per heavy atom. The summed E-state index contributed by atoms with van der Waals surface area (Å²) in [6, 6.07) is 4.83. The quantitative estimate of drug-likeness (QED) is 0.751. The number of allylic oxidation sites excluding steroid dienone is 1. The van der Waals surface area contributed by atoms with Crippen LogP contribution in [0.3, 0.4) is 0 Å². The van der Waals surface area contributed by atoms with E-state index in [1.165, 1.54) is 15.9 Å². The maximum absolute atomic E-state index is 12.1. The number of hydrogen-bond acceptors (Lipinski definition) is 5. The van der Waals surface area contributed by atoms with Gasteiger partial charge in [-0.15, -0.1) is 17.9 Å². The van der Waals surface area contributed by atoms with E-state index in [2.05, 4.69) is 16.9 Å². The van der Waals surface area contributed by atoms with Crippen LogP contribution in [0.2, 0.25) is 0 Å². The molecule has 3 aromatic rings. The van der Waals surface area contributed by atoms with Crippen LogP contribution in [0.1, 0.15) is 10.4 Å². The number of thiazole rings is 1. The molecule has 0 spiro atoms. The van der Waals surface area contributed by atoms with Crippen molar-refractivity contribution in [2.45, 2.75) is 6.54 Å². The summed E-state index contributed by atoms with van der Waals surface area (Å²) in [5.41, 5.74) is 1.43. The van der Waals surface area contributed by atoms with Gasteiger partial charge in [-0.1, -0.05) is 6.08 Å². The van der Waals surface area contributed by atoms with Gasteiger partial charge in [-0.2, -0.15) is 0 Å². The average Bonchev–Trinajstić information content (AvgIpc) is 3.07. The van der Waals surface area contributed by atoms with Crippen LogP contribution in [-0.2, 0) is 6.54 Å². The summed E-state index contributed by atoms with van der Waals surface area (Å²) in [6.07, 6.45) is 3.21. The molecule has 0 saturated carbocycles. The SMILES string of the molecule is C=CCn1c(=O)oc2ccc(C(=O)Nc3nccs3)cc21. The molecule has 0 aliphatic carbocycles. The number of rotatable bonds is 4. The van der Waals surface area contributed by atoms with Crippen molar-refractivity contribution in [3.63, 3.8) is 0 Å². The lowest BCUT2D eigenvalue weighted by atomic mass is 10.2. The molecule has 1 aromatic carbocycles. The van der Waals surface area contributed by atoms with Gasteiger partial charge in [-0.25, -0.2) is 9.78 Å². The van der Waals surface area contributed by atoms with Crippen LogP contribution >= 0.6 is 11.3 Å². The number of benzene rings is 1. The highest BCUT2D eigenvalue weighted by Gasteiger charge is 2.13. The summed E-state index contributed by atoms with van der Waals surface area (Å²) in [5.74, 6) is -0.756. The molecule has 3 rings (SSSR count). The van der Waals surface area contributed by atoms with E-state index in [9.17, 15) is 9.59 Å². The smallest absolute Gasteiger partial charge is 0.408 e. The molecule has 0 aliphatic rings. The zero-order chi connectivity index (χ0) is 14.8. The number of aromatic nitrogens is 2. The molecule has 21 heavy (non-hydrogen) atoms. The van der Waals surface area contributed by atoms with Crippen LogP contribution in [0.25, 0.3) is 11.1 Å². The third kappa shape index (κ3) is 2.50. The lowest BCUT2D eigenvalue weighted by Crippen LogP contribution is -2.14. The van der Waals surface area contributed by atoms with Gasteiger partial charge in [0.05, 0.1) is 5.52 Å². The Morgan fingerprint density at radius 3 is 3.10 bits per heavy atom. The molecule has 0 fully saturated rings. The van der Waals surface area contributed by atoms with E-state index in [4.69, 9.17) is 4.42 Å². The van der Waals surface area contributed by atoms with Gasteiger partial charge in [0.1, 0.15) is 0 Å². The number of hydrogen-bond donors (Lipinski definition) is 1. The number of amides is 1. The fourth-order valence-corrected chi connectivity index (χ4v) is 2.48. The molecule has 1 N–H and O–H groups in total. The number of fused-ring (bicyclic) bond motifs is 1. The summed E-state index contributed by atoms with van der Waals surface area (Å²) in [4.78, 5) is 27.8. The summed E-state index contributed by atoms with van der Waals surface area (Å²) in [7, 11) is 0. The maximum Gasteiger partial charge on any atom is 0.420 e. The van der Waals surface area contributed by atoms with Crippen molar-refractivity contribution < 1.29 is 9.21 Å². The maximum atomic E-state index is 12.1. The van der Waals surface area contributed by atoms with Gasteiger partial charge in [0.25, 0.3) is 5.91 Å². The zero-order valence-electron chi connectivity index (χ0n) is 10.9. The summed E-state index contributed by atoms with van der Waals surface area (Å²) in [5, 5.41) is 4.99. The Bertz CT molecular complexity index is 861. The largest absolute Gasteiger partial charge is 0.420 e. The van der Waals surface area contributed by atoms with Crippen molar-refractivity contribution in [3.05, 3.63) is 58.5 Å². The molecule has 7 heteroatoms. The Hall–Kier alpha value is -2.67. The molecule has 2 heterocycles. The highest BCUT2D eigenvalue weighted by Crippen LogP contribution is 2.17. The third-order valence-electron chi connectivity index (χ3n) is 2.89. The first-order valence-corrected chi connectivity index (χ1v) is 7.02. The van der Waals surface area contributed by atoms with Crippen molar-refractivity contribution in [3.8, 4) is 0 Å². The molecule has 106 valence electrons. The normalized spacial score (nSPS) is 10.7. The van der Waals surface area contributed by atoms with Crippen molar-refractivity contribution in [1.29, 1.82) is 0 Å². The van der Waals surface area contributed by atoms with Crippen molar-refractivity contribution >= 4 is 33.5 Å². The topological polar surface area (TPSA) is 77.1 Å². The van der Waals surface area contributed by atoms with Crippen LogP contribution in [0.5, 0.6) is 0 Å². The fraction of sp³-hybridized carbons (Fsp3) is 0.0714. The van der Waals surface area contributed by atoms with E-state index < -0.39 is 5.76 Å². The lowest BCUT2D eigenvalue weighted by molar-refractivity contribution is 0.102. The van der Waals surface area contributed by atoms with Crippen LogP contribution in [0, 0.1) is 0 Å². The van der Waals surface area contributed by atoms with Gasteiger partial charge in [0.2, 0.25) is 0 Å². The molecule has 0 atom stereocenters. The van der Waals surface area contributed by atoms with Crippen LogP contribution < -0.4 is 11.1 Å². The summed E-state index contributed by atoms with van der Waals surface area (Å²) >= 11 is 1.33. The Labute approximate surface area is 123 Å². The van der Waals surface area contributed by atoms with E-state index in [0.717, 1.165) is 0 Å². The first kappa shape index (κ1) is 13.3. The van der Waals surface area contributed by atoms with Crippen LogP contribution in [-0.4, -0.2) is 15.5 Å². The number of nitrogens with one attached hydrogen (secondary N) is 1. The van der Waals surface area contributed by atoms with Crippen LogP contribution in [0.15, 0.2) is 51.6 Å². The van der Waals surface area contributed by atoms with Crippen molar-refractivity contribution in [1.82, 2.24) is 9.55 Å². The standard InChI is InChI=1S/C14H11N3O3S/c1-2-6-17-10-8-9(3-4-11(10)20-14(17)19)12(18)16-13-15-5-7-21-13/h2-5,7-8H,1,6H2,(H,15,16,18). The van der Waals surface area contributed by atoms with E-state index >= 15 is 0 Å². The number of carbonyl (C=O) groups is 1. The highest BCUT2D eigenvalue weighted by atomic mass is 32.1. The average molecular weight is 301 g/mol. The predicted molar refractivity (Wildman–Crippen MR) is 80.7 cm³/mol. The molecule has 0 radical (unpaired) electrons. The monoisotopic (exact) mass is 301 g/mol. The first-order chi connectivity index (χ1) is 10.2. The fourth-order valence-electron chi connectivity index (χ4n) is 1.96. The molecular weight excluding hydrogens is 290 g/mol. The lowest BCUT2D eigenvalue weighted by Gasteiger charge is -2.02.